The number of rotatable bonds is 9. The van der Waals surface area contributed by atoms with Crippen molar-refractivity contribution in [1.29, 1.82) is 0 Å². The Balaban J connectivity index is 2.43. The molecule has 2 nitrogen and oxygen atoms in total. The van der Waals surface area contributed by atoms with Gasteiger partial charge in [0, 0.05) is 31.5 Å². The van der Waals surface area contributed by atoms with E-state index in [0.29, 0.717) is 18.9 Å². The molecule has 2 atom stereocenters. The third-order valence-corrected chi connectivity index (χ3v) is 3.76. The van der Waals surface area contributed by atoms with Crippen molar-refractivity contribution in [3.05, 3.63) is 24.3 Å². The molecule has 0 aliphatic heterocycles. The highest BCUT2D eigenvalue weighted by Crippen LogP contribution is 2.19. The second kappa shape index (κ2) is 8.83. The van der Waals surface area contributed by atoms with Crippen LogP contribution < -0.4 is 10.2 Å². The van der Waals surface area contributed by atoms with Gasteiger partial charge in [-0.3, -0.25) is 0 Å². The van der Waals surface area contributed by atoms with Gasteiger partial charge in [-0.1, -0.05) is 13.8 Å². The topological polar surface area (TPSA) is 15.3 Å². The van der Waals surface area contributed by atoms with Crippen LogP contribution in [-0.2, 0) is 0 Å². The van der Waals surface area contributed by atoms with Crippen molar-refractivity contribution < 1.29 is 4.39 Å². The molecule has 0 radical (unpaired) electrons. The molecule has 3 heteroatoms. The van der Waals surface area contributed by atoms with Gasteiger partial charge in [-0.15, -0.1) is 0 Å². The van der Waals surface area contributed by atoms with Gasteiger partial charge in [-0.2, -0.15) is 0 Å². The summed E-state index contributed by atoms with van der Waals surface area (Å²) in [6, 6.07) is 8.89. The SMILES string of the molecule is CCC(F)CCCC(CC)Nc1ccc(N(C)C)cc1. The van der Waals surface area contributed by atoms with E-state index in [1.165, 1.54) is 5.69 Å². The van der Waals surface area contributed by atoms with Crippen molar-refractivity contribution in [3.8, 4) is 0 Å². The quantitative estimate of drug-likeness (QED) is 0.695. The van der Waals surface area contributed by atoms with Gasteiger partial charge < -0.3 is 10.2 Å². The molecule has 1 aromatic rings. The minimum Gasteiger partial charge on any atom is -0.382 e. The Morgan fingerprint density at radius 3 is 2.20 bits per heavy atom. The fourth-order valence-corrected chi connectivity index (χ4v) is 2.26. The van der Waals surface area contributed by atoms with Gasteiger partial charge >= 0.3 is 0 Å². The molecule has 20 heavy (non-hydrogen) atoms. The maximum Gasteiger partial charge on any atom is 0.0999 e. The molecule has 0 spiro atoms. The summed E-state index contributed by atoms with van der Waals surface area (Å²) in [5, 5.41) is 3.55. The Labute approximate surface area is 123 Å². The minimum absolute atomic E-state index is 0.435. The Kier molecular flexibility index (Phi) is 7.42. The van der Waals surface area contributed by atoms with Gasteiger partial charge in [0.1, 0.15) is 0 Å². The van der Waals surface area contributed by atoms with Crippen molar-refractivity contribution in [2.24, 2.45) is 0 Å². The van der Waals surface area contributed by atoms with E-state index >= 15 is 0 Å². The van der Waals surface area contributed by atoms with Crippen molar-refractivity contribution in [3.63, 3.8) is 0 Å². The lowest BCUT2D eigenvalue weighted by molar-refractivity contribution is 0.295. The predicted octanol–water partition coefficient (Wildman–Crippen LogP) is 4.86. The molecule has 0 heterocycles. The first-order valence-corrected chi connectivity index (χ1v) is 7.74. The second-order valence-corrected chi connectivity index (χ2v) is 5.63. The molecule has 0 aliphatic rings. The Hall–Kier alpha value is -1.25. The maximum atomic E-state index is 13.2. The number of hydrogen-bond donors (Lipinski definition) is 1. The summed E-state index contributed by atoms with van der Waals surface area (Å²) in [7, 11) is 4.08. The van der Waals surface area contributed by atoms with Crippen LogP contribution in [0.15, 0.2) is 24.3 Å². The van der Waals surface area contributed by atoms with Crippen LogP contribution in [0, 0.1) is 0 Å². The third kappa shape index (κ3) is 5.81. The summed E-state index contributed by atoms with van der Waals surface area (Å²) in [5.41, 5.74) is 2.35. The molecule has 1 aromatic carbocycles. The first-order chi connectivity index (χ1) is 9.56. The van der Waals surface area contributed by atoms with Crippen LogP contribution in [-0.4, -0.2) is 26.3 Å². The lowest BCUT2D eigenvalue weighted by atomic mass is 10.0. The Morgan fingerprint density at radius 1 is 1.05 bits per heavy atom. The molecule has 0 saturated carbocycles. The van der Waals surface area contributed by atoms with E-state index in [1.807, 2.05) is 21.0 Å². The summed E-state index contributed by atoms with van der Waals surface area (Å²) in [6.45, 7) is 4.09. The van der Waals surface area contributed by atoms with Crippen LogP contribution in [0.2, 0.25) is 0 Å². The first-order valence-electron chi connectivity index (χ1n) is 7.74. The van der Waals surface area contributed by atoms with Gasteiger partial charge in [0.25, 0.3) is 0 Å². The van der Waals surface area contributed by atoms with E-state index in [9.17, 15) is 4.39 Å². The molecule has 0 saturated heterocycles. The largest absolute Gasteiger partial charge is 0.382 e. The molecule has 2 unspecified atom stereocenters. The fourth-order valence-electron chi connectivity index (χ4n) is 2.26. The van der Waals surface area contributed by atoms with E-state index in [1.54, 1.807) is 0 Å². The molecular weight excluding hydrogens is 251 g/mol. The van der Waals surface area contributed by atoms with E-state index < -0.39 is 6.17 Å². The second-order valence-electron chi connectivity index (χ2n) is 5.63. The molecule has 0 fully saturated rings. The van der Waals surface area contributed by atoms with Crippen LogP contribution in [0.5, 0.6) is 0 Å². The molecule has 0 amide bonds. The number of benzene rings is 1. The molecular formula is C17H29FN2. The number of anilines is 2. The van der Waals surface area contributed by atoms with Gasteiger partial charge in [0.15, 0.2) is 0 Å². The number of halogens is 1. The average Bonchev–Trinajstić information content (AvgIpc) is 2.46. The molecule has 0 bridgehead atoms. The van der Waals surface area contributed by atoms with E-state index in [4.69, 9.17) is 0 Å². The normalized spacial score (nSPS) is 13.8. The number of alkyl halides is 1. The third-order valence-electron chi connectivity index (χ3n) is 3.76. The zero-order chi connectivity index (χ0) is 15.0. The van der Waals surface area contributed by atoms with Crippen molar-refractivity contribution in [1.82, 2.24) is 0 Å². The Morgan fingerprint density at radius 2 is 1.70 bits per heavy atom. The van der Waals surface area contributed by atoms with Gasteiger partial charge in [-0.05, 0) is 56.4 Å². The van der Waals surface area contributed by atoms with Crippen molar-refractivity contribution in [2.75, 3.05) is 24.3 Å². The molecule has 0 aliphatic carbocycles. The number of hydrogen-bond acceptors (Lipinski definition) is 2. The highest BCUT2D eigenvalue weighted by atomic mass is 19.1. The first kappa shape index (κ1) is 16.8. The smallest absolute Gasteiger partial charge is 0.0999 e. The van der Waals surface area contributed by atoms with Crippen LogP contribution in [0.1, 0.15) is 46.0 Å². The highest BCUT2D eigenvalue weighted by Gasteiger charge is 2.09. The highest BCUT2D eigenvalue weighted by molar-refractivity contribution is 5.54. The monoisotopic (exact) mass is 280 g/mol. The fraction of sp³-hybridized carbons (Fsp3) is 0.647. The lowest BCUT2D eigenvalue weighted by Gasteiger charge is -2.20. The summed E-state index contributed by atoms with van der Waals surface area (Å²) < 4.78 is 13.2. The lowest BCUT2D eigenvalue weighted by Crippen LogP contribution is -2.19. The summed E-state index contributed by atoms with van der Waals surface area (Å²) in [6.07, 6.45) is 3.75. The van der Waals surface area contributed by atoms with Gasteiger partial charge in [0.05, 0.1) is 6.17 Å². The summed E-state index contributed by atoms with van der Waals surface area (Å²) in [4.78, 5) is 2.09. The zero-order valence-electron chi connectivity index (χ0n) is 13.3. The van der Waals surface area contributed by atoms with Crippen molar-refractivity contribution in [2.45, 2.75) is 58.2 Å². The molecule has 1 N–H and O–H groups in total. The van der Waals surface area contributed by atoms with E-state index in [2.05, 4.69) is 41.4 Å². The van der Waals surface area contributed by atoms with Gasteiger partial charge in [0.2, 0.25) is 0 Å². The number of nitrogens with zero attached hydrogens (tertiary/aromatic N) is 1. The summed E-state index contributed by atoms with van der Waals surface area (Å²) in [5.74, 6) is 0. The molecule has 114 valence electrons. The standard InChI is InChI=1S/C17H29FN2/c1-5-14(18)8-7-9-15(6-2)19-16-10-12-17(13-11-16)20(3)4/h10-15,19H,5-9H2,1-4H3. The average molecular weight is 280 g/mol. The van der Waals surface area contributed by atoms with Crippen LogP contribution in [0.4, 0.5) is 15.8 Å². The summed E-state index contributed by atoms with van der Waals surface area (Å²) >= 11 is 0. The predicted molar refractivity (Wildman–Crippen MR) is 87.5 cm³/mol. The molecule has 0 aromatic heterocycles. The molecule has 1 rings (SSSR count). The zero-order valence-corrected chi connectivity index (χ0v) is 13.3. The number of nitrogens with one attached hydrogen (secondary N) is 1. The Bertz CT molecular complexity index is 362. The maximum absolute atomic E-state index is 13.2. The van der Waals surface area contributed by atoms with Crippen LogP contribution in [0.3, 0.4) is 0 Å². The van der Waals surface area contributed by atoms with Crippen LogP contribution in [0.25, 0.3) is 0 Å². The van der Waals surface area contributed by atoms with Crippen LogP contribution >= 0.6 is 0 Å². The van der Waals surface area contributed by atoms with E-state index in [0.717, 1.165) is 24.9 Å². The van der Waals surface area contributed by atoms with Crippen molar-refractivity contribution >= 4 is 11.4 Å². The van der Waals surface area contributed by atoms with Gasteiger partial charge in [-0.25, -0.2) is 4.39 Å². The minimum atomic E-state index is -0.633. The van der Waals surface area contributed by atoms with E-state index in [-0.39, 0.29) is 0 Å².